The van der Waals surface area contributed by atoms with E-state index in [0.29, 0.717) is 70.2 Å². The molecule has 0 saturated carbocycles. The quantitative estimate of drug-likeness (QED) is 0.226. The first-order valence-corrected chi connectivity index (χ1v) is 19.1. The third-order valence-electron chi connectivity index (χ3n) is 12.3. The number of piperazine rings is 1. The van der Waals surface area contributed by atoms with Crippen LogP contribution >= 0.6 is 11.8 Å². The summed E-state index contributed by atoms with van der Waals surface area (Å²) in [5, 5.41) is 38.2. The summed E-state index contributed by atoms with van der Waals surface area (Å²) in [5.41, 5.74) is 4.39. The molecule has 54 heavy (non-hydrogen) atoms. The smallest absolute Gasteiger partial charge is 0.332 e. The number of aliphatic hydroxyl groups is 1. The number of carbonyl (C=O) groups is 2. The maximum absolute atomic E-state index is 14.9. The fourth-order valence-electron chi connectivity index (χ4n) is 9.90. The number of hydrogen-bond acceptors (Lipinski definition) is 15. The summed E-state index contributed by atoms with van der Waals surface area (Å²) < 4.78 is 36.0. The Morgan fingerprint density at radius 1 is 1.02 bits per heavy atom. The van der Waals surface area contributed by atoms with Crippen molar-refractivity contribution in [2.45, 2.75) is 74.8 Å². The lowest BCUT2D eigenvalue weighted by Gasteiger charge is -2.59. The average Bonchev–Trinajstić information content (AvgIpc) is 3.64. The van der Waals surface area contributed by atoms with Crippen molar-refractivity contribution in [1.82, 2.24) is 15.1 Å². The maximum atomic E-state index is 14.9. The van der Waals surface area contributed by atoms with Crippen LogP contribution in [0.1, 0.15) is 68.8 Å². The minimum atomic E-state index is -1.31. The molecule has 7 aliphatic heterocycles. The Balaban J connectivity index is 1.32. The van der Waals surface area contributed by atoms with Gasteiger partial charge in [0.25, 0.3) is 0 Å². The highest BCUT2D eigenvalue weighted by molar-refractivity contribution is 7.99. The van der Waals surface area contributed by atoms with Crippen LogP contribution in [0.4, 0.5) is 0 Å². The van der Waals surface area contributed by atoms with Gasteiger partial charge in [0, 0.05) is 47.5 Å². The minimum Gasteiger partial charge on any atom is -0.504 e. The van der Waals surface area contributed by atoms with Crippen molar-refractivity contribution in [2.75, 3.05) is 47.0 Å². The van der Waals surface area contributed by atoms with Crippen molar-refractivity contribution in [3.63, 3.8) is 0 Å². The van der Waals surface area contributed by atoms with E-state index < -0.39 is 53.1 Å². The molecule has 2 fully saturated rings. The number of rotatable bonds is 3. The Hall–Kier alpha value is -4.41. The minimum absolute atomic E-state index is 0.0173. The molecule has 7 aliphatic rings. The molecule has 0 aliphatic carbocycles. The van der Waals surface area contributed by atoms with E-state index in [1.54, 1.807) is 12.1 Å². The number of hydrogen-bond donors (Lipinski definition) is 4. The molecule has 14 nitrogen and oxygen atoms in total. The van der Waals surface area contributed by atoms with Gasteiger partial charge in [-0.1, -0.05) is 6.07 Å². The Morgan fingerprint density at radius 3 is 2.54 bits per heavy atom. The summed E-state index contributed by atoms with van der Waals surface area (Å²) in [6.45, 7) is 5.32. The lowest BCUT2D eigenvalue weighted by Crippen LogP contribution is -2.69. The van der Waals surface area contributed by atoms with Crippen LogP contribution in [-0.4, -0.2) is 102 Å². The lowest BCUT2D eigenvalue weighted by atomic mass is 9.74. The molecule has 0 aromatic heterocycles. The predicted molar refractivity (Wildman–Crippen MR) is 195 cm³/mol. The van der Waals surface area contributed by atoms with Crippen molar-refractivity contribution in [2.24, 2.45) is 0 Å². The van der Waals surface area contributed by atoms with Crippen LogP contribution in [0.3, 0.4) is 0 Å². The molecule has 7 atom stereocenters. The number of phenols is 2. The number of phenolic OH excluding ortho intramolecular Hbond substituents is 2. The highest BCUT2D eigenvalue weighted by atomic mass is 32.2. The first kappa shape index (κ1) is 35.3. The zero-order valence-electron chi connectivity index (χ0n) is 30.8. The number of aliphatic hydroxyl groups excluding tert-OH is 1. The Morgan fingerprint density at radius 2 is 1.80 bits per heavy atom. The van der Waals surface area contributed by atoms with Crippen molar-refractivity contribution >= 4 is 23.7 Å². The average molecular weight is 762 g/mol. The van der Waals surface area contributed by atoms with E-state index in [1.165, 1.54) is 32.9 Å². The molecule has 1 spiro atoms. The predicted octanol–water partition coefficient (Wildman–Crippen LogP) is 3.41. The van der Waals surface area contributed by atoms with Crippen LogP contribution in [0.15, 0.2) is 18.2 Å². The molecule has 3 aromatic rings. The van der Waals surface area contributed by atoms with Gasteiger partial charge in [0.15, 0.2) is 40.0 Å². The fourth-order valence-corrected chi connectivity index (χ4v) is 11.7. The summed E-state index contributed by atoms with van der Waals surface area (Å²) in [5.74, 6) is 0.986. The van der Waals surface area contributed by atoms with Crippen molar-refractivity contribution in [3.8, 4) is 40.2 Å². The molecule has 0 amide bonds. The standard InChI is InChI=1S/C39H43N3O11S/c1-16-9-20-10-22-37(46)42-23-13-50-38(47)39(21-12-25(48-5)24(44)11-19(21)7-8-41(39)4)14-54-36(30(42)29(40-22)26(20)31(45)32(16)49-6)28-27(23)35-34(51-15-52-35)17(2)33(28)53-18(3)43/h9,11-12,22-23,29-30,36-37,40,44-46H,7-8,10,13-15H2,1-6H3/t22-,23-,29-,30?,36+,37-,39+/m0/s1. The number of nitrogens with one attached hydrogen (secondary N) is 1. The number of ether oxygens (including phenoxy) is 6. The Kier molecular flexibility index (Phi) is 8.21. The van der Waals surface area contributed by atoms with E-state index in [0.717, 1.165) is 16.7 Å². The highest BCUT2D eigenvalue weighted by Crippen LogP contribution is 2.63. The Labute approximate surface area is 316 Å². The fraction of sp³-hybridized carbons (Fsp3) is 0.487. The van der Waals surface area contributed by atoms with Gasteiger partial charge < -0.3 is 49.1 Å². The van der Waals surface area contributed by atoms with Gasteiger partial charge in [0.2, 0.25) is 6.79 Å². The molecular weight excluding hydrogens is 719 g/mol. The molecule has 2 saturated heterocycles. The van der Waals surface area contributed by atoms with Gasteiger partial charge in [-0.3, -0.25) is 14.6 Å². The first-order valence-electron chi connectivity index (χ1n) is 18.1. The highest BCUT2D eigenvalue weighted by Gasteiger charge is 2.60. The summed E-state index contributed by atoms with van der Waals surface area (Å²) >= 11 is 1.48. The molecule has 286 valence electrons. The monoisotopic (exact) mass is 761 g/mol. The molecule has 4 bridgehead atoms. The second-order valence-electron chi connectivity index (χ2n) is 15.0. The normalized spacial score (nSPS) is 29.4. The molecule has 15 heteroatoms. The van der Waals surface area contributed by atoms with Gasteiger partial charge in [0.05, 0.1) is 37.6 Å². The van der Waals surface area contributed by atoms with Crippen LogP contribution in [0.25, 0.3) is 0 Å². The summed E-state index contributed by atoms with van der Waals surface area (Å²) in [6.07, 6.45) is -0.0425. The van der Waals surface area contributed by atoms with Crippen molar-refractivity contribution in [3.05, 3.63) is 62.7 Å². The van der Waals surface area contributed by atoms with Crippen LogP contribution in [0.2, 0.25) is 0 Å². The van der Waals surface area contributed by atoms with E-state index in [1.807, 2.05) is 36.8 Å². The molecule has 7 heterocycles. The number of esters is 2. The first-order chi connectivity index (χ1) is 25.9. The number of likely N-dealkylation sites (N-methyl/N-ethyl adjacent to an activating group) is 1. The molecule has 0 radical (unpaired) electrons. The van der Waals surface area contributed by atoms with Crippen LogP contribution in [0.5, 0.6) is 40.2 Å². The summed E-state index contributed by atoms with van der Waals surface area (Å²) in [7, 11) is 4.89. The molecule has 4 N–H and O–H groups in total. The summed E-state index contributed by atoms with van der Waals surface area (Å²) in [6, 6.07) is 3.04. The van der Waals surface area contributed by atoms with Gasteiger partial charge in [-0.25, -0.2) is 4.79 Å². The SMILES string of the molecule is COc1cc2c(cc1O)CCN(C)[C@]21CS[C@@H]2c3c(OC(C)=O)c(C)c4c(c3[C@H](COC1=O)N1C2[C@H]2N[C@@H](Cc3cc(C)c(OC)c(O)c32)[C@@H]1O)OCO4. The third-order valence-corrected chi connectivity index (χ3v) is 13.7. The second-order valence-corrected chi connectivity index (χ2v) is 16.1. The van der Waals surface area contributed by atoms with Gasteiger partial charge in [-0.05, 0) is 68.1 Å². The van der Waals surface area contributed by atoms with E-state index >= 15 is 0 Å². The second kappa shape index (κ2) is 12.6. The van der Waals surface area contributed by atoms with Gasteiger partial charge in [-0.2, -0.15) is 0 Å². The number of aryl methyl sites for hydroxylation is 1. The number of carbonyl (C=O) groups excluding carboxylic acids is 2. The van der Waals surface area contributed by atoms with Gasteiger partial charge in [-0.15, -0.1) is 11.8 Å². The van der Waals surface area contributed by atoms with Crippen molar-refractivity contribution < 1.29 is 53.3 Å². The molecular formula is C39H43N3O11S. The van der Waals surface area contributed by atoms with Crippen LogP contribution in [-0.2, 0) is 32.7 Å². The van der Waals surface area contributed by atoms with Crippen molar-refractivity contribution in [1.29, 1.82) is 0 Å². The topological polar surface area (TPSA) is 169 Å². The van der Waals surface area contributed by atoms with Crippen LogP contribution < -0.4 is 29.0 Å². The zero-order chi connectivity index (χ0) is 38.0. The maximum Gasteiger partial charge on any atom is 0.332 e. The lowest BCUT2D eigenvalue weighted by molar-refractivity contribution is -0.169. The number of thioether (sulfide) groups is 1. The number of benzene rings is 3. The molecule has 1 unspecified atom stereocenters. The number of nitrogens with zero attached hydrogens (tertiary/aromatic N) is 2. The van der Waals surface area contributed by atoms with E-state index in [9.17, 15) is 24.9 Å². The molecule has 3 aromatic carbocycles. The Bertz CT molecular complexity index is 2130. The number of fused-ring (bicyclic) bond motifs is 9. The number of methoxy groups -OCH3 is 2. The van der Waals surface area contributed by atoms with Crippen LogP contribution in [0, 0.1) is 13.8 Å². The summed E-state index contributed by atoms with van der Waals surface area (Å²) in [4.78, 5) is 31.7. The number of aromatic hydroxyl groups is 2. The van der Waals surface area contributed by atoms with Gasteiger partial charge in [0.1, 0.15) is 18.6 Å². The third kappa shape index (κ3) is 4.74. The van der Waals surface area contributed by atoms with Gasteiger partial charge >= 0.3 is 11.9 Å². The zero-order valence-corrected chi connectivity index (χ0v) is 31.7. The molecule has 10 rings (SSSR count). The van der Waals surface area contributed by atoms with E-state index in [4.69, 9.17) is 28.4 Å². The van der Waals surface area contributed by atoms with E-state index in [2.05, 4.69) is 5.32 Å². The largest absolute Gasteiger partial charge is 0.504 e. The van der Waals surface area contributed by atoms with E-state index in [-0.39, 0.29) is 36.4 Å².